The lowest BCUT2D eigenvalue weighted by molar-refractivity contribution is -0.0178. The highest BCUT2D eigenvalue weighted by molar-refractivity contribution is 5.85. The summed E-state index contributed by atoms with van der Waals surface area (Å²) in [4.78, 5) is 0. The summed E-state index contributed by atoms with van der Waals surface area (Å²) in [5.74, 6) is 2.12. The first-order valence-corrected chi connectivity index (χ1v) is 8.31. The standard InChI is InChI=1S/C18H21NO3.ClH/c1-2-21-14-6-3-10-9-12-11-4-5-13(20)17-18(11,7-8-19-12)15(10)16(14)22-17;/h3-6,11-13,17,19-20H,2,7-9H2,1H3;1H/t11?,12-,13-,17+,18-;/m1./s1. The van der Waals surface area contributed by atoms with E-state index in [1.807, 2.05) is 19.1 Å². The predicted octanol–water partition coefficient (Wildman–Crippen LogP) is 1.97. The van der Waals surface area contributed by atoms with Gasteiger partial charge in [-0.3, -0.25) is 0 Å². The Bertz CT molecular complexity index is 676. The quantitative estimate of drug-likeness (QED) is 0.811. The second kappa shape index (κ2) is 5.13. The molecule has 1 aromatic carbocycles. The Labute approximate surface area is 142 Å². The van der Waals surface area contributed by atoms with Crippen molar-refractivity contribution >= 4 is 12.4 Å². The van der Waals surface area contributed by atoms with Crippen LogP contribution in [-0.4, -0.2) is 36.5 Å². The predicted molar refractivity (Wildman–Crippen MR) is 89.7 cm³/mol. The summed E-state index contributed by atoms with van der Waals surface area (Å²) in [7, 11) is 0. The Hall–Kier alpha value is -1.23. The van der Waals surface area contributed by atoms with Gasteiger partial charge in [-0.15, -0.1) is 12.4 Å². The molecule has 1 fully saturated rings. The maximum absolute atomic E-state index is 10.5. The number of aliphatic hydroxyl groups is 1. The molecule has 5 atom stereocenters. The molecule has 0 saturated carbocycles. The van der Waals surface area contributed by atoms with Crippen LogP contribution in [0.4, 0.5) is 0 Å². The maximum Gasteiger partial charge on any atom is 0.165 e. The smallest absolute Gasteiger partial charge is 0.165 e. The average Bonchev–Trinajstić information content (AvgIpc) is 2.85. The highest BCUT2D eigenvalue weighted by Crippen LogP contribution is 2.61. The van der Waals surface area contributed by atoms with Gasteiger partial charge in [0.25, 0.3) is 0 Å². The monoisotopic (exact) mass is 335 g/mol. The summed E-state index contributed by atoms with van der Waals surface area (Å²) in [6.45, 7) is 3.60. The molecule has 4 nitrogen and oxygen atoms in total. The van der Waals surface area contributed by atoms with Gasteiger partial charge in [-0.25, -0.2) is 0 Å². The molecule has 0 radical (unpaired) electrons. The second-order valence-electron chi connectivity index (χ2n) is 6.85. The molecule has 1 spiro atoms. The average molecular weight is 336 g/mol. The molecule has 2 heterocycles. The second-order valence-corrected chi connectivity index (χ2v) is 6.85. The molecule has 5 rings (SSSR count). The number of hydrogen-bond acceptors (Lipinski definition) is 4. The van der Waals surface area contributed by atoms with Crippen molar-refractivity contribution in [2.75, 3.05) is 13.2 Å². The normalized spacial score (nSPS) is 38.3. The van der Waals surface area contributed by atoms with Crippen molar-refractivity contribution in [1.29, 1.82) is 0 Å². The highest BCUT2D eigenvalue weighted by Gasteiger charge is 2.63. The van der Waals surface area contributed by atoms with Crippen molar-refractivity contribution in [3.63, 3.8) is 0 Å². The van der Waals surface area contributed by atoms with Crippen LogP contribution in [0.1, 0.15) is 24.5 Å². The van der Waals surface area contributed by atoms with Crippen LogP contribution >= 0.6 is 12.4 Å². The molecule has 2 aliphatic heterocycles. The largest absolute Gasteiger partial charge is 0.490 e. The molecule has 0 aromatic heterocycles. The fraction of sp³-hybridized carbons (Fsp3) is 0.556. The lowest BCUT2D eigenvalue weighted by Crippen LogP contribution is -2.64. The van der Waals surface area contributed by atoms with E-state index >= 15 is 0 Å². The van der Waals surface area contributed by atoms with Gasteiger partial charge in [0.15, 0.2) is 11.5 Å². The highest BCUT2D eigenvalue weighted by atomic mass is 35.5. The number of nitrogens with one attached hydrogen (secondary N) is 1. The van der Waals surface area contributed by atoms with Gasteiger partial charge >= 0.3 is 0 Å². The van der Waals surface area contributed by atoms with E-state index in [4.69, 9.17) is 9.47 Å². The summed E-state index contributed by atoms with van der Waals surface area (Å²) in [6, 6.07) is 4.67. The van der Waals surface area contributed by atoms with Crippen LogP contribution in [0.25, 0.3) is 0 Å². The number of benzene rings is 1. The fourth-order valence-electron chi connectivity index (χ4n) is 5.24. The van der Waals surface area contributed by atoms with Gasteiger partial charge in [-0.1, -0.05) is 18.2 Å². The third-order valence-corrected chi connectivity index (χ3v) is 5.96. The molecular formula is C18H22ClNO3. The Kier molecular flexibility index (Phi) is 3.42. The van der Waals surface area contributed by atoms with Crippen LogP contribution in [0.5, 0.6) is 11.5 Å². The van der Waals surface area contributed by atoms with E-state index in [-0.39, 0.29) is 23.9 Å². The molecule has 23 heavy (non-hydrogen) atoms. The van der Waals surface area contributed by atoms with Gasteiger partial charge in [-0.2, -0.15) is 0 Å². The number of aliphatic hydroxyl groups excluding tert-OH is 1. The number of rotatable bonds is 2. The summed E-state index contributed by atoms with van der Waals surface area (Å²) >= 11 is 0. The molecule has 2 bridgehead atoms. The number of piperidine rings is 1. The van der Waals surface area contributed by atoms with Gasteiger partial charge in [0.05, 0.1) is 6.61 Å². The zero-order valence-electron chi connectivity index (χ0n) is 13.1. The summed E-state index contributed by atoms with van der Waals surface area (Å²) < 4.78 is 12.1. The molecule has 5 heteroatoms. The van der Waals surface area contributed by atoms with E-state index in [2.05, 4.69) is 17.5 Å². The lowest BCUT2D eigenvalue weighted by atomic mass is 9.54. The van der Waals surface area contributed by atoms with Crippen molar-refractivity contribution in [3.8, 4) is 11.5 Å². The first-order valence-electron chi connectivity index (χ1n) is 8.31. The van der Waals surface area contributed by atoms with Crippen molar-refractivity contribution < 1.29 is 14.6 Å². The summed E-state index contributed by atoms with van der Waals surface area (Å²) in [5.41, 5.74) is 2.59. The number of hydrogen-bond donors (Lipinski definition) is 2. The van der Waals surface area contributed by atoms with Crippen LogP contribution in [-0.2, 0) is 11.8 Å². The van der Waals surface area contributed by atoms with E-state index in [0.29, 0.717) is 18.6 Å². The van der Waals surface area contributed by atoms with Crippen molar-refractivity contribution in [1.82, 2.24) is 5.32 Å². The molecule has 2 N–H and O–H groups in total. The van der Waals surface area contributed by atoms with Gasteiger partial charge in [0.2, 0.25) is 0 Å². The third-order valence-electron chi connectivity index (χ3n) is 5.96. The first kappa shape index (κ1) is 15.3. The van der Waals surface area contributed by atoms with Gasteiger partial charge in [0, 0.05) is 22.9 Å². The van der Waals surface area contributed by atoms with Crippen molar-refractivity contribution in [3.05, 3.63) is 35.4 Å². The Balaban J connectivity index is 0.00000135. The SMILES string of the molecule is CCOc1ccc2c3c1O[C@H]1[C@H](O)C=CC4[C@@H](C2)NCC[C@]341.Cl. The maximum atomic E-state index is 10.5. The Morgan fingerprint density at radius 3 is 3.09 bits per heavy atom. The lowest BCUT2D eigenvalue weighted by Gasteiger charge is -2.53. The minimum atomic E-state index is -0.539. The van der Waals surface area contributed by atoms with Crippen molar-refractivity contribution in [2.45, 2.75) is 43.4 Å². The third kappa shape index (κ3) is 1.74. The van der Waals surface area contributed by atoms with E-state index in [1.165, 1.54) is 11.1 Å². The molecule has 2 aliphatic carbocycles. The van der Waals surface area contributed by atoms with Crippen LogP contribution < -0.4 is 14.8 Å². The zero-order chi connectivity index (χ0) is 14.9. The van der Waals surface area contributed by atoms with E-state index in [9.17, 15) is 5.11 Å². The summed E-state index contributed by atoms with van der Waals surface area (Å²) in [5, 5.41) is 14.2. The molecule has 0 amide bonds. The van der Waals surface area contributed by atoms with Crippen molar-refractivity contribution in [2.24, 2.45) is 5.92 Å². The minimum absolute atomic E-state index is 0. The Morgan fingerprint density at radius 2 is 2.26 bits per heavy atom. The Morgan fingerprint density at radius 1 is 1.39 bits per heavy atom. The number of ether oxygens (including phenoxy) is 2. The molecule has 1 unspecified atom stereocenters. The zero-order valence-corrected chi connectivity index (χ0v) is 13.9. The van der Waals surface area contributed by atoms with Gasteiger partial charge < -0.3 is 19.9 Å². The van der Waals surface area contributed by atoms with Crippen LogP contribution in [0, 0.1) is 5.92 Å². The first-order chi connectivity index (χ1) is 10.8. The molecule has 1 saturated heterocycles. The van der Waals surface area contributed by atoms with Crippen LogP contribution in [0.15, 0.2) is 24.3 Å². The van der Waals surface area contributed by atoms with E-state index in [0.717, 1.165) is 30.9 Å². The molecule has 4 aliphatic rings. The molecule has 124 valence electrons. The van der Waals surface area contributed by atoms with Crippen LogP contribution in [0.2, 0.25) is 0 Å². The topological polar surface area (TPSA) is 50.7 Å². The van der Waals surface area contributed by atoms with E-state index in [1.54, 1.807) is 0 Å². The van der Waals surface area contributed by atoms with E-state index < -0.39 is 6.10 Å². The minimum Gasteiger partial charge on any atom is -0.490 e. The number of halogens is 1. The fourth-order valence-corrected chi connectivity index (χ4v) is 5.24. The molecular weight excluding hydrogens is 314 g/mol. The molecule has 1 aromatic rings. The van der Waals surface area contributed by atoms with Gasteiger partial charge in [0.1, 0.15) is 12.2 Å². The summed E-state index contributed by atoms with van der Waals surface area (Å²) in [6.07, 6.45) is 5.45. The van der Waals surface area contributed by atoms with Gasteiger partial charge in [-0.05, 0) is 37.9 Å². The van der Waals surface area contributed by atoms with Crippen LogP contribution in [0.3, 0.4) is 0 Å².